The largest absolute Gasteiger partial charge is 0.272 e. The molecule has 0 unspecified atom stereocenters. The maximum Gasteiger partial charge on any atom is 0.261 e. The van der Waals surface area contributed by atoms with Crippen LogP contribution in [0, 0.1) is 13.8 Å². The number of carbonyl (C=O) groups excluding carboxylic acids is 3. The van der Waals surface area contributed by atoms with Crippen molar-refractivity contribution < 1.29 is 14.4 Å². The Balaban J connectivity index is 1.75. The maximum absolute atomic E-state index is 12.8. The maximum atomic E-state index is 12.8. The fourth-order valence-corrected chi connectivity index (χ4v) is 3.31. The van der Waals surface area contributed by atoms with Crippen LogP contribution in [0.25, 0.3) is 10.8 Å². The molecule has 0 N–H and O–H groups in total. The van der Waals surface area contributed by atoms with Gasteiger partial charge in [-0.15, -0.1) is 0 Å². The first kappa shape index (κ1) is 15.3. The molecule has 2 heterocycles. The first-order valence-electron chi connectivity index (χ1n) is 7.91. The lowest BCUT2D eigenvalue weighted by Crippen LogP contribution is -2.44. The lowest BCUT2D eigenvalue weighted by Gasteiger charge is -2.26. The standard InChI is InChI=1S/C19H15N3O3/c1-11-9-21(12(2)20-11)16(23)10-22-18(24)14-7-3-5-13-6-4-8-15(17(13)14)19(22)25/h3-9H,10H2,1-2H3. The minimum absolute atomic E-state index is 0.320. The van der Waals surface area contributed by atoms with Gasteiger partial charge in [0.1, 0.15) is 12.4 Å². The second-order valence-electron chi connectivity index (χ2n) is 6.10. The molecule has 4 rings (SSSR count). The van der Waals surface area contributed by atoms with Gasteiger partial charge in [0, 0.05) is 22.7 Å². The highest BCUT2D eigenvalue weighted by molar-refractivity contribution is 6.26. The van der Waals surface area contributed by atoms with Gasteiger partial charge in [0.15, 0.2) is 0 Å². The summed E-state index contributed by atoms with van der Waals surface area (Å²) in [5.74, 6) is -0.734. The second kappa shape index (κ2) is 5.37. The van der Waals surface area contributed by atoms with Gasteiger partial charge < -0.3 is 0 Å². The molecule has 0 spiro atoms. The van der Waals surface area contributed by atoms with E-state index in [0.717, 1.165) is 10.3 Å². The summed E-state index contributed by atoms with van der Waals surface area (Å²) in [6, 6.07) is 10.6. The Morgan fingerprint density at radius 2 is 1.60 bits per heavy atom. The number of rotatable bonds is 2. The van der Waals surface area contributed by atoms with E-state index in [1.54, 1.807) is 44.3 Å². The van der Waals surface area contributed by atoms with Gasteiger partial charge in [-0.3, -0.25) is 23.9 Å². The van der Waals surface area contributed by atoms with E-state index < -0.39 is 11.8 Å². The van der Waals surface area contributed by atoms with Crippen molar-refractivity contribution in [1.29, 1.82) is 0 Å². The van der Waals surface area contributed by atoms with E-state index in [4.69, 9.17) is 0 Å². The summed E-state index contributed by atoms with van der Waals surface area (Å²) < 4.78 is 1.37. The number of hydrogen-bond acceptors (Lipinski definition) is 4. The molecule has 1 aliphatic heterocycles. The van der Waals surface area contributed by atoms with Gasteiger partial charge in [0.2, 0.25) is 0 Å². The van der Waals surface area contributed by atoms with E-state index in [1.807, 2.05) is 12.1 Å². The highest BCUT2D eigenvalue weighted by atomic mass is 16.2. The molecule has 0 saturated carbocycles. The van der Waals surface area contributed by atoms with Gasteiger partial charge in [-0.05, 0) is 31.4 Å². The number of hydrogen-bond donors (Lipinski definition) is 0. The van der Waals surface area contributed by atoms with E-state index >= 15 is 0 Å². The molecule has 0 fully saturated rings. The molecule has 1 aliphatic rings. The minimum atomic E-state index is -0.447. The third-order valence-electron chi connectivity index (χ3n) is 4.42. The topological polar surface area (TPSA) is 72.3 Å². The zero-order valence-electron chi connectivity index (χ0n) is 13.8. The van der Waals surface area contributed by atoms with Crippen LogP contribution in [0.4, 0.5) is 0 Å². The first-order chi connectivity index (χ1) is 12.0. The number of nitrogens with zero attached hydrogens (tertiary/aromatic N) is 3. The summed E-state index contributed by atoms with van der Waals surface area (Å²) in [6.45, 7) is 3.17. The van der Waals surface area contributed by atoms with Crippen LogP contribution < -0.4 is 0 Å². The lowest BCUT2D eigenvalue weighted by molar-refractivity contribution is 0.0567. The smallest absolute Gasteiger partial charge is 0.261 e. The predicted octanol–water partition coefficient (Wildman–Crippen LogP) is 2.59. The van der Waals surface area contributed by atoms with Crippen LogP contribution in [0.2, 0.25) is 0 Å². The molecule has 0 bridgehead atoms. The van der Waals surface area contributed by atoms with Crippen LogP contribution in [0.5, 0.6) is 0 Å². The summed E-state index contributed by atoms with van der Waals surface area (Å²) >= 11 is 0. The molecule has 3 aromatic rings. The zero-order valence-corrected chi connectivity index (χ0v) is 13.8. The summed E-state index contributed by atoms with van der Waals surface area (Å²) in [7, 11) is 0. The quantitative estimate of drug-likeness (QED) is 0.676. The van der Waals surface area contributed by atoms with Gasteiger partial charge >= 0.3 is 0 Å². The Kier molecular flexibility index (Phi) is 3.28. The Hall–Kier alpha value is -3.28. The van der Waals surface area contributed by atoms with Crippen LogP contribution in [0.3, 0.4) is 0 Å². The number of aromatic nitrogens is 2. The van der Waals surface area contributed by atoms with Gasteiger partial charge in [-0.25, -0.2) is 4.98 Å². The molecule has 25 heavy (non-hydrogen) atoms. The Morgan fingerprint density at radius 3 is 2.12 bits per heavy atom. The SMILES string of the molecule is Cc1cn(C(=O)CN2C(=O)c3cccc4cccc(c34)C2=O)c(C)n1. The predicted molar refractivity (Wildman–Crippen MR) is 91.6 cm³/mol. The number of imidazole rings is 1. The van der Waals surface area contributed by atoms with Gasteiger partial charge in [-0.2, -0.15) is 0 Å². The molecule has 0 radical (unpaired) electrons. The summed E-state index contributed by atoms with van der Waals surface area (Å²) in [6.07, 6.45) is 1.60. The van der Waals surface area contributed by atoms with Crippen molar-refractivity contribution in [3.8, 4) is 0 Å². The molecule has 2 aromatic carbocycles. The molecule has 0 aliphatic carbocycles. The van der Waals surface area contributed by atoms with Crippen molar-refractivity contribution in [2.75, 3.05) is 6.54 Å². The molecule has 0 atom stereocenters. The number of aryl methyl sites for hydroxylation is 2. The highest BCUT2D eigenvalue weighted by Gasteiger charge is 2.34. The van der Waals surface area contributed by atoms with Gasteiger partial charge in [-0.1, -0.05) is 24.3 Å². The molecule has 0 saturated heterocycles. The normalized spacial score (nSPS) is 13.6. The highest BCUT2D eigenvalue weighted by Crippen LogP contribution is 2.29. The van der Waals surface area contributed by atoms with E-state index in [2.05, 4.69) is 4.98 Å². The van der Waals surface area contributed by atoms with Crippen LogP contribution in [0.1, 0.15) is 37.0 Å². The average Bonchev–Trinajstić information content (AvgIpc) is 2.94. The van der Waals surface area contributed by atoms with E-state index in [9.17, 15) is 14.4 Å². The Bertz CT molecular complexity index is 1010. The third-order valence-corrected chi connectivity index (χ3v) is 4.42. The number of benzene rings is 2. The van der Waals surface area contributed by atoms with Crippen molar-refractivity contribution in [2.24, 2.45) is 0 Å². The van der Waals surface area contributed by atoms with E-state index in [-0.39, 0.29) is 12.5 Å². The fourth-order valence-electron chi connectivity index (χ4n) is 3.31. The van der Waals surface area contributed by atoms with Crippen LogP contribution >= 0.6 is 0 Å². The summed E-state index contributed by atoms with van der Waals surface area (Å²) in [4.78, 5) is 43.4. The summed E-state index contributed by atoms with van der Waals surface area (Å²) in [5, 5.41) is 1.49. The zero-order chi connectivity index (χ0) is 17.7. The molecular formula is C19H15N3O3. The average molecular weight is 333 g/mol. The van der Waals surface area contributed by atoms with Gasteiger partial charge in [0.25, 0.3) is 17.7 Å². The van der Waals surface area contributed by atoms with Crippen molar-refractivity contribution in [2.45, 2.75) is 13.8 Å². The number of carbonyl (C=O) groups is 3. The lowest BCUT2D eigenvalue weighted by atomic mass is 9.94. The fraction of sp³-hybridized carbons (Fsp3) is 0.158. The monoisotopic (exact) mass is 333 g/mol. The second-order valence-corrected chi connectivity index (χ2v) is 6.10. The van der Waals surface area contributed by atoms with Crippen molar-refractivity contribution >= 4 is 28.5 Å². The molecular weight excluding hydrogens is 318 g/mol. The molecule has 1 aromatic heterocycles. The third kappa shape index (κ3) is 2.26. The van der Waals surface area contributed by atoms with Crippen molar-refractivity contribution in [1.82, 2.24) is 14.5 Å². The van der Waals surface area contributed by atoms with E-state index in [1.165, 1.54) is 4.57 Å². The molecule has 6 nitrogen and oxygen atoms in total. The number of amides is 2. The van der Waals surface area contributed by atoms with Crippen LogP contribution in [0.15, 0.2) is 42.6 Å². The van der Waals surface area contributed by atoms with Crippen molar-refractivity contribution in [3.63, 3.8) is 0 Å². The molecule has 124 valence electrons. The number of imide groups is 1. The Morgan fingerprint density at radius 1 is 1.00 bits per heavy atom. The van der Waals surface area contributed by atoms with Gasteiger partial charge in [0.05, 0.1) is 5.69 Å². The molecule has 6 heteroatoms. The summed E-state index contributed by atoms with van der Waals surface area (Å²) in [5.41, 5.74) is 1.59. The Labute approximate surface area is 143 Å². The van der Waals surface area contributed by atoms with Crippen molar-refractivity contribution in [3.05, 3.63) is 65.2 Å². The van der Waals surface area contributed by atoms with E-state index in [0.29, 0.717) is 28.0 Å². The first-order valence-corrected chi connectivity index (χ1v) is 7.91. The molecule has 2 amide bonds. The van der Waals surface area contributed by atoms with Crippen LogP contribution in [-0.4, -0.2) is 38.7 Å². The van der Waals surface area contributed by atoms with Crippen LogP contribution in [-0.2, 0) is 0 Å². The minimum Gasteiger partial charge on any atom is -0.272 e.